The number of piperidine rings is 1. The molecule has 5 heteroatoms. The van der Waals surface area contributed by atoms with Crippen molar-refractivity contribution >= 4 is 23.3 Å². The van der Waals surface area contributed by atoms with Gasteiger partial charge in [0.1, 0.15) is 11.0 Å². The maximum atomic E-state index is 12.8. The van der Waals surface area contributed by atoms with E-state index < -0.39 is 0 Å². The van der Waals surface area contributed by atoms with Crippen LogP contribution in [-0.2, 0) is 0 Å². The molecule has 1 aromatic rings. The number of hydrogen-bond donors (Lipinski definition) is 0. The summed E-state index contributed by atoms with van der Waals surface area (Å²) in [5.41, 5.74) is 0.620. The number of likely N-dealkylation sites (tertiary alicyclic amines) is 1. The third-order valence-corrected chi connectivity index (χ3v) is 4.11. The SMILES string of the molecule is CC1CCCC(C)N1C(=O)c1cc(Cl)nc(N(C)C)c1. The van der Waals surface area contributed by atoms with Gasteiger partial charge in [-0.15, -0.1) is 0 Å². The van der Waals surface area contributed by atoms with E-state index in [4.69, 9.17) is 11.6 Å². The summed E-state index contributed by atoms with van der Waals surface area (Å²) in [6, 6.07) is 4.02. The number of nitrogens with zero attached hydrogens (tertiary/aromatic N) is 3. The predicted octanol–water partition coefficient (Wildman–Crippen LogP) is 3.20. The first-order valence-corrected chi connectivity index (χ1v) is 7.45. The van der Waals surface area contributed by atoms with Crippen LogP contribution in [0.3, 0.4) is 0 Å². The topological polar surface area (TPSA) is 36.4 Å². The summed E-state index contributed by atoms with van der Waals surface area (Å²) in [4.78, 5) is 20.8. The van der Waals surface area contributed by atoms with E-state index >= 15 is 0 Å². The largest absolute Gasteiger partial charge is 0.363 e. The van der Waals surface area contributed by atoms with Crippen molar-refractivity contribution in [2.24, 2.45) is 0 Å². The van der Waals surface area contributed by atoms with Crippen LogP contribution in [0.15, 0.2) is 12.1 Å². The molecular weight excluding hydrogens is 274 g/mol. The molecule has 0 aromatic carbocycles. The molecule has 1 aromatic heterocycles. The van der Waals surface area contributed by atoms with Crippen molar-refractivity contribution in [2.75, 3.05) is 19.0 Å². The minimum Gasteiger partial charge on any atom is -0.363 e. The maximum Gasteiger partial charge on any atom is 0.254 e. The van der Waals surface area contributed by atoms with Gasteiger partial charge in [0, 0.05) is 31.7 Å². The number of anilines is 1. The number of rotatable bonds is 2. The third-order valence-electron chi connectivity index (χ3n) is 3.91. The molecule has 4 nitrogen and oxygen atoms in total. The average Bonchev–Trinajstić information content (AvgIpc) is 2.37. The van der Waals surface area contributed by atoms with Crippen LogP contribution in [0.4, 0.5) is 5.82 Å². The second-order valence-electron chi connectivity index (χ2n) is 5.77. The van der Waals surface area contributed by atoms with Gasteiger partial charge in [-0.1, -0.05) is 11.6 Å². The van der Waals surface area contributed by atoms with E-state index in [2.05, 4.69) is 18.8 Å². The highest BCUT2D eigenvalue weighted by Gasteiger charge is 2.30. The van der Waals surface area contributed by atoms with Gasteiger partial charge in [0.2, 0.25) is 0 Å². The predicted molar refractivity (Wildman–Crippen MR) is 82.5 cm³/mol. The van der Waals surface area contributed by atoms with Crippen LogP contribution in [0, 0.1) is 0 Å². The van der Waals surface area contributed by atoms with Gasteiger partial charge in [-0.3, -0.25) is 4.79 Å². The number of halogens is 1. The first-order valence-electron chi connectivity index (χ1n) is 7.07. The molecule has 110 valence electrons. The van der Waals surface area contributed by atoms with Crippen LogP contribution >= 0.6 is 11.6 Å². The molecule has 0 aliphatic carbocycles. The Hall–Kier alpha value is -1.29. The summed E-state index contributed by atoms with van der Waals surface area (Å²) in [5, 5.41) is 0.358. The lowest BCUT2D eigenvalue weighted by Crippen LogP contribution is -2.47. The maximum absolute atomic E-state index is 12.8. The van der Waals surface area contributed by atoms with Crippen molar-refractivity contribution in [2.45, 2.75) is 45.2 Å². The first-order chi connectivity index (χ1) is 9.40. The number of hydrogen-bond acceptors (Lipinski definition) is 3. The van der Waals surface area contributed by atoms with Gasteiger partial charge >= 0.3 is 0 Å². The Labute approximate surface area is 125 Å². The normalized spacial score (nSPS) is 22.8. The number of carbonyl (C=O) groups excluding carboxylic acids is 1. The summed E-state index contributed by atoms with van der Waals surface area (Å²) in [7, 11) is 3.78. The fourth-order valence-electron chi connectivity index (χ4n) is 2.81. The molecule has 1 amide bonds. The number of carbonyl (C=O) groups is 1. The van der Waals surface area contributed by atoms with Gasteiger partial charge in [0.25, 0.3) is 5.91 Å². The van der Waals surface area contributed by atoms with Gasteiger partial charge in [-0.25, -0.2) is 4.98 Å². The molecule has 1 fully saturated rings. The number of pyridine rings is 1. The van der Waals surface area contributed by atoms with Gasteiger partial charge < -0.3 is 9.80 Å². The van der Waals surface area contributed by atoms with E-state index in [1.165, 1.54) is 6.42 Å². The van der Waals surface area contributed by atoms with Gasteiger partial charge in [-0.2, -0.15) is 0 Å². The fourth-order valence-corrected chi connectivity index (χ4v) is 3.01. The third kappa shape index (κ3) is 3.06. The summed E-state index contributed by atoms with van der Waals surface area (Å²) in [5.74, 6) is 0.760. The molecule has 20 heavy (non-hydrogen) atoms. The molecule has 2 unspecified atom stereocenters. The van der Waals surface area contributed by atoms with E-state index in [-0.39, 0.29) is 18.0 Å². The van der Waals surface area contributed by atoms with Crippen molar-refractivity contribution in [3.63, 3.8) is 0 Å². The smallest absolute Gasteiger partial charge is 0.254 e. The summed E-state index contributed by atoms with van der Waals surface area (Å²) < 4.78 is 0. The summed E-state index contributed by atoms with van der Waals surface area (Å²) in [6.45, 7) is 4.23. The molecule has 0 N–H and O–H groups in total. The highest BCUT2D eigenvalue weighted by Crippen LogP contribution is 2.26. The zero-order valence-corrected chi connectivity index (χ0v) is 13.3. The Morgan fingerprint density at radius 2 is 1.90 bits per heavy atom. The lowest BCUT2D eigenvalue weighted by Gasteiger charge is -2.39. The standard InChI is InChI=1S/C15H22ClN3O/c1-10-6-5-7-11(2)19(10)15(20)12-8-13(16)17-14(9-12)18(3)4/h8-11H,5-7H2,1-4H3. The minimum atomic E-state index is 0.0529. The molecule has 1 aliphatic rings. The Morgan fingerprint density at radius 1 is 1.30 bits per heavy atom. The Bertz CT molecular complexity index is 494. The summed E-state index contributed by atoms with van der Waals surface area (Å²) in [6.07, 6.45) is 3.32. The quantitative estimate of drug-likeness (QED) is 0.786. The van der Waals surface area contributed by atoms with Crippen molar-refractivity contribution in [3.05, 3.63) is 22.8 Å². The number of aromatic nitrogens is 1. The van der Waals surface area contributed by atoms with Gasteiger partial charge in [0.05, 0.1) is 0 Å². The van der Waals surface area contributed by atoms with Crippen molar-refractivity contribution < 1.29 is 4.79 Å². The van der Waals surface area contributed by atoms with Crippen LogP contribution in [0.1, 0.15) is 43.5 Å². The van der Waals surface area contributed by atoms with E-state index in [1.54, 1.807) is 6.07 Å². The molecule has 1 saturated heterocycles. The minimum absolute atomic E-state index is 0.0529. The highest BCUT2D eigenvalue weighted by atomic mass is 35.5. The average molecular weight is 296 g/mol. The monoisotopic (exact) mass is 295 g/mol. The van der Waals surface area contributed by atoms with Crippen LogP contribution in [0.2, 0.25) is 5.15 Å². The first kappa shape index (κ1) is 15.1. The van der Waals surface area contributed by atoms with Gasteiger partial charge in [-0.05, 0) is 45.2 Å². The van der Waals surface area contributed by atoms with Crippen LogP contribution < -0.4 is 4.90 Å². The zero-order chi connectivity index (χ0) is 14.9. The van der Waals surface area contributed by atoms with E-state index in [1.807, 2.05) is 30.0 Å². The zero-order valence-electron chi connectivity index (χ0n) is 12.6. The molecule has 2 heterocycles. The lowest BCUT2D eigenvalue weighted by atomic mass is 9.96. The molecule has 1 aliphatic heterocycles. The highest BCUT2D eigenvalue weighted by molar-refractivity contribution is 6.29. The van der Waals surface area contributed by atoms with E-state index in [9.17, 15) is 4.79 Å². The molecule has 0 bridgehead atoms. The molecular formula is C15H22ClN3O. The van der Waals surface area contributed by atoms with Crippen molar-refractivity contribution in [3.8, 4) is 0 Å². The second kappa shape index (κ2) is 6.00. The van der Waals surface area contributed by atoms with E-state index in [0.29, 0.717) is 16.5 Å². The molecule has 0 radical (unpaired) electrons. The fraction of sp³-hybridized carbons (Fsp3) is 0.600. The Kier molecular flexibility index (Phi) is 4.53. The van der Waals surface area contributed by atoms with E-state index in [0.717, 1.165) is 12.8 Å². The van der Waals surface area contributed by atoms with Crippen LogP contribution in [0.5, 0.6) is 0 Å². The van der Waals surface area contributed by atoms with Crippen LogP contribution in [0.25, 0.3) is 0 Å². The van der Waals surface area contributed by atoms with Crippen LogP contribution in [-0.4, -0.2) is 42.0 Å². The molecule has 0 spiro atoms. The molecule has 0 saturated carbocycles. The summed E-state index contributed by atoms with van der Waals surface area (Å²) >= 11 is 6.04. The molecule has 2 rings (SSSR count). The number of amides is 1. The van der Waals surface area contributed by atoms with Crippen molar-refractivity contribution in [1.29, 1.82) is 0 Å². The second-order valence-corrected chi connectivity index (χ2v) is 6.16. The Morgan fingerprint density at radius 3 is 2.45 bits per heavy atom. The van der Waals surface area contributed by atoms with Gasteiger partial charge in [0.15, 0.2) is 0 Å². The molecule has 2 atom stereocenters. The lowest BCUT2D eigenvalue weighted by molar-refractivity contribution is 0.0510. The van der Waals surface area contributed by atoms with Crippen molar-refractivity contribution in [1.82, 2.24) is 9.88 Å². The Balaban J connectivity index is 2.32.